The standard InChI is InChI=1S/C23H26N4O/c1-18-16-22(27-14-6-3-7-15-27)26-23(24-18)25-20-10-12-21(13-11-20)28-17-19-8-4-2-5-9-19/h2,4-5,8-13,16H,3,6-7,14-15,17H2,1H3,(H,24,25,26). The quantitative estimate of drug-likeness (QED) is 0.651. The summed E-state index contributed by atoms with van der Waals surface area (Å²) in [7, 11) is 0. The SMILES string of the molecule is Cc1cc(N2CCCCC2)nc(Nc2ccc(OCc3ccccc3)cc2)n1. The third kappa shape index (κ3) is 4.80. The van der Waals surface area contributed by atoms with Gasteiger partial charge in [-0.1, -0.05) is 30.3 Å². The lowest BCUT2D eigenvalue weighted by molar-refractivity contribution is 0.306. The first kappa shape index (κ1) is 18.3. The first-order valence-corrected chi connectivity index (χ1v) is 9.91. The number of rotatable bonds is 6. The van der Waals surface area contributed by atoms with Gasteiger partial charge in [0.05, 0.1) is 0 Å². The topological polar surface area (TPSA) is 50.3 Å². The fourth-order valence-electron chi connectivity index (χ4n) is 3.40. The van der Waals surface area contributed by atoms with E-state index in [0.29, 0.717) is 12.6 Å². The molecule has 0 amide bonds. The third-order valence-corrected chi connectivity index (χ3v) is 4.88. The lowest BCUT2D eigenvalue weighted by atomic mass is 10.1. The molecule has 5 nitrogen and oxygen atoms in total. The molecule has 1 aromatic heterocycles. The highest BCUT2D eigenvalue weighted by Crippen LogP contribution is 2.23. The van der Waals surface area contributed by atoms with E-state index in [9.17, 15) is 0 Å². The molecule has 1 fully saturated rings. The molecule has 2 heterocycles. The van der Waals surface area contributed by atoms with E-state index < -0.39 is 0 Å². The van der Waals surface area contributed by atoms with Crippen LogP contribution in [0.25, 0.3) is 0 Å². The van der Waals surface area contributed by atoms with Gasteiger partial charge in [-0.2, -0.15) is 4.98 Å². The smallest absolute Gasteiger partial charge is 0.229 e. The van der Waals surface area contributed by atoms with Crippen molar-refractivity contribution in [2.24, 2.45) is 0 Å². The van der Waals surface area contributed by atoms with Crippen molar-refractivity contribution in [1.82, 2.24) is 9.97 Å². The molecule has 0 spiro atoms. The molecule has 0 atom stereocenters. The average Bonchev–Trinajstić information content (AvgIpc) is 2.74. The van der Waals surface area contributed by atoms with Crippen molar-refractivity contribution in [1.29, 1.82) is 0 Å². The van der Waals surface area contributed by atoms with Crippen molar-refractivity contribution in [2.45, 2.75) is 32.8 Å². The minimum Gasteiger partial charge on any atom is -0.489 e. The van der Waals surface area contributed by atoms with Gasteiger partial charge in [-0.3, -0.25) is 0 Å². The summed E-state index contributed by atoms with van der Waals surface area (Å²) in [4.78, 5) is 11.6. The summed E-state index contributed by atoms with van der Waals surface area (Å²) >= 11 is 0. The molecule has 0 saturated carbocycles. The Kier molecular flexibility index (Phi) is 5.71. The second-order valence-electron chi connectivity index (χ2n) is 7.16. The molecule has 28 heavy (non-hydrogen) atoms. The Morgan fingerprint density at radius 1 is 0.929 bits per heavy atom. The maximum absolute atomic E-state index is 5.85. The summed E-state index contributed by atoms with van der Waals surface area (Å²) in [6, 6.07) is 20.1. The number of aromatic nitrogens is 2. The minimum absolute atomic E-state index is 0.563. The van der Waals surface area contributed by atoms with Crippen LogP contribution in [0.2, 0.25) is 0 Å². The predicted octanol–water partition coefficient (Wildman–Crippen LogP) is 5.10. The van der Waals surface area contributed by atoms with Gasteiger partial charge >= 0.3 is 0 Å². The van der Waals surface area contributed by atoms with Gasteiger partial charge in [-0.15, -0.1) is 0 Å². The van der Waals surface area contributed by atoms with E-state index in [4.69, 9.17) is 9.72 Å². The van der Waals surface area contributed by atoms with E-state index in [1.54, 1.807) is 0 Å². The Labute approximate surface area is 166 Å². The largest absolute Gasteiger partial charge is 0.489 e. The van der Waals surface area contributed by atoms with Gasteiger partial charge in [0, 0.05) is 30.5 Å². The van der Waals surface area contributed by atoms with Gasteiger partial charge in [0.1, 0.15) is 18.2 Å². The number of benzene rings is 2. The Balaban J connectivity index is 1.40. The number of piperidine rings is 1. The van der Waals surface area contributed by atoms with Crippen LogP contribution in [0.3, 0.4) is 0 Å². The molecule has 1 aliphatic rings. The van der Waals surface area contributed by atoms with Crippen LogP contribution in [0.4, 0.5) is 17.5 Å². The van der Waals surface area contributed by atoms with Crippen LogP contribution in [0.1, 0.15) is 30.5 Å². The molecule has 144 valence electrons. The van der Waals surface area contributed by atoms with Gasteiger partial charge in [0.2, 0.25) is 5.95 Å². The van der Waals surface area contributed by atoms with Crippen molar-refractivity contribution in [3.05, 3.63) is 71.9 Å². The molecule has 3 aromatic rings. The fourth-order valence-corrected chi connectivity index (χ4v) is 3.40. The van der Waals surface area contributed by atoms with Crippen molar-refractivity contribution < 1.29 is 4.74 Å². The maximum atomic E-state index is 5.85. The van der Waals surface area contributed by atoms with E-state index in [0.717, 1.165) is 41.6 Å². The van der Waals surface area contributed by atoms with Crippen molar-refractivity contribution in [3.8, 4) is 5.75 Å². The van der Waals surface area contributed by atoms with Gasteiger partial charge in [-0.25, -0.2) is 4.98 Å². The third-order valence-electron chi connectivity index (χ3n) is 4.88. The minimum atomic E-state index is 0.563. The highest BCUT2D eigenvalue weighted by molar-refractivity contribution is 5.56. The van der Waals surface area contributed by atoms with Crippen molar-refractivity contribution >= 4 is 17.5 Å². The maximum Gasteiger partial charge on any atom is 0.229 e. The number of hydrogen-bond donors (Lipinski definition) is 1. The Bertz CT molecular complexity index is 890. The van der Waals surface area contributed by atoms with Gasteiger partial charge < -0.3 is 15.0 Å². The van der Waals surface area contributed by atoms with Crippen LogP contribution < -0.4 is 15.0 Å². The van der Waals surface area contributed by atoms with Crippen LogP contribution in [0.5, 0.6) is 5.75 Å². The van der Waals surface area contributed by atoms with Gasteiger partial charge in [0.15, 0.2) is 0 Å². The van der Waals surface area contributed by atoms with Crippen LogP contribution in [-0.2, 0) is 6.61 Å². The summed E-state index contributed by atoms with van der Waals surface area (Å²) in [6.45, 7) is 4.72. The Morgan fingerprint density at radius 3 is 2.43 bits per heavy atom. The number of nitrogens with zero attached hydrogens (tertiary/aromatic N) is 3. The lowest BCUT2D eigenvalue weighted by Crippen LogP contribution is -2.30. The first-order valence-electron chi connectivity index (χ1n) is 9.91. The molecule has 0 aliphatic carbocycles. The highest BCUT2D eigenvalue weighted by atomic mass is 16.5. The second-order valence-corrected chi connectivity index (χ2v) is 7.16. The molecule has 2 aromatic carbocycles. The highest BCUT2D eigenvalue weighted by Gasteiger charge is 2.14. The second kappa shape index (κ2) is 8.74. The normalized spacial score (nSPS) is 14.0. The first-order chi connectivity index (χ1) is 13.8. The van der Waals surface area contributed by atoms with Crippen LogP contribution in [0.15, 0.2) is 60.7 Å². The summed E-state index contributed by atoms with van der Waals surface area (Å²) in [5.41, 5.74) is 3.08. The van der Waals surface area contributed by atoms with Crippen molar-refractivity contribution in [2.75, 3.05) is 23.3 Å². The molecule has 1 saturated heterocycles. The van der Waals surface area contributed by atoms with Gasteiger partial charge in [0.25, 0.3) is 0 Å². The summed E-state index contributed by atoms with van der Waals surface area (Å²) in [6.07, 6.45) is 3.77. The number of ether oxygens (including phenoxy) is 1. The number of hydrogen-bond acceptors (Lipinski definition) is 5. The summed E-state index contributed by atoms with van der Waals surface area (Å²) in [5.74, 6) is 2.49. The molecule has 0 unspecified atom stereocenters. The van der Waals surface area contributed by atoms with E-state index in [2.05, 4.69) is 33.4 Å². The number of anilines is 3. The zero-order chi connectivity index (χ0) is 19.2. The molecule has 1 aliphatic heterocycles. The van der Waals surface area contributed by atoms with E-state index in [1.807, 2.05) is 49.4 Å². The molecule has 1 N–H and O–H groups in total. The summed E-state index contributed by atoms with van der Waals surface area (Å²) < 4.78 is 5.85. The molecular weight excluding hydrogens is 348 g/mol. The van der Waals surface area contributed by atoms with E-state index >= 15 is 0 Å². The van der Waals surface area contributed by atoms with Crippen molar-refractivity contribution in [3.63, 3.8) is 0 Å². The van der Waals surface area contributed by atoms with Crippen LogP contribution >= 0.6 is 0 Å². The Morgan fingerprint density at radius 2 is 1.68 bits per heavy atom. The fraction of sp³-hybridized carbons (Fsp3) is 0.304. The molecule has 4 rings (SSSR count). The predicted molar refractivity (Wildman–Crippen MR) is 113 cm³/mol. The molecule has 0 bridgehead atoms. The zero-order valence-electron chi connectivity index (χ0n) is 16.3. The van der Waals surface area contributed by atoms with Crippen LogP contribution in [0, 0.1) is 6.92 Å². The van der Waals surface area contributed by atoms with Gasteiger partial charge in [-0.05, 0) is 56.0 Å². The van der Waals surface area contributed by atoms with E-state index in [1.165, 1.54) is 19.3 Å². The molecular formula is C23H26N4O. The molecule has 5 heteroatoms. The zero-order valence-corrected chi connectivity index (χ0v) is 16.3. The summed E-state index contributed by atoms with van der Waals surface area (Å²) in [5, 5.41) is 3.32. The average molecular weight is 374 g/mol. The number of nitrogens with one attached hydrogen (secondary N) is 1. The lowest BCUT2D eigenvalue weighted by Gasteiger charge is -2.28. The van der Waals surface area contributed by atoms with Crippen LogP contribution in [-0.4, -0.2) is 23.1 Å². The van der Waals surface area contributed by atoms with E-state index in [-0.39, 0.29) is 0 Å². The molecule has 0 radical (unpaired) electrons. The monoisotopic (exact) mass is 374 g/mol. The Hall–Kier alpha value is -3.08. The number of aryl methyl sites for hydroxylation is 1.